The molecule has 1 aromatic heterocycles. The fraction of sp³-hybridized carbons (Fsp3) is 0.269. The molecular weight excluding hydrogens is 470 g/mol. The second kappa shape index (κ2) is 12.6. The molecule has 0 unspecified atom stereocenters. The van der Waals surface area contributed by atoms with E-state index in [2.05, 4.69) is 37.6 Å². The number of carbonyl (C=O) groups excluding carboxylic acids is 1. The molecule has 0 saturated heterocycles. The van der Waals surface area contributed by atoms with Crippen molar-refractivity contribution in [1.82, 2.24) is 20.1 Å². The molecule has 0 atom stereocenters. The molecule has 1 heterocycles. The van der Waals surface area contributed by atoms with Crippen LogP contribution in [0.1, 0.15) is 12.5 Å². The molecule has 0 fully saturated rings. The number of rotatable bonds is 12. The zero-order valence-corrected chi connectivity index (χ0v) is 21.7. The van der Waals surface area contributed by atoms with E-state index in [-0.39, 0.29) is 11.7 Å². The number of ether oxygens (including phenoxy) is 1. The maximum atomic E-state index is 12.1. The Balaban J connectivity index is 2.00. The van der Waals surface area contributed by atoms with Gasteiger partial charge in [0.05, 0.1) is 35.4 Å². The highest BCUT2D eigenvalue weighted by molar-refractivity contribution is 6.03. The zero-order valence-electron chi connectivity index (χ0n) is 21.7. The Bertz CT molecular complexity index is 1330. The number of likely N-dealkylation sites (N-methyl/N-ethyl adjacent to an activating group) is 1. The number of hydrogen-bond acceptors (Lipinski definition) is 8. The van der Waals surface area contributed by atoms with Crippen molar-refractivity contribution in [2.45, 2.75) is 6.92 Å². The van der Waals surface area contributed by atoms with Gasteiger partial charge >= 0.3 is 0 Å². The largest absolute Gasteiger partial charge is 0.492 e. The number of amides is 1. The third-order valence-corrected chi connectivity index (χ3v) is 5.47. The van der Waals surface area contributed by atoms with Crippen LogP contribution in [0.15, 0.2) is 60.3 Å². The number of fused-ring (bicyclic) bond motifs is 1. The molecule has 0 saturated carbocycles. The fourth-order valence-corrected chi connectivity index (χ4v) is 3.63. The van der Waals surface area contributed by atoms with Gasteiger partial charge in [-0.15, -0.1) is 0 Å². The average molecular weight is 506 g/mol. The van der Waals surface area contributed by atoms with Gasteiger partial charge < -0.3 is 31.4 Å². The minimum atomic E-state index is -0.344. The molecule has 7 N–H and O–H groups in total. The predicted molar refractivity (Wildman–Crippen MR) is 151 cm³/mol. The maximum Gasteiger partial charge on any atom is 0.247 e. The Labute approximate surface area is 216 Å². The quantitative estimate of drug-likeness (QED) is 0.0829. The number of anilines is 2. The SMILES string of the molecule is C=CC(=O)Nc1cc(N=C(N)/C=C(\NN)c2ccc3c(cnn3C)c2)c(OCC)cc1NCCN(C)C. The summed E-state index contributed by atoms with van der Waals surface area (Å²) >= 11 is 0. The van der Waals surface area contributed by atoms with E-state index in [0.717, 1.165) is 23.0 Å². The van der Waals surface area contributed by atoms with Gasteiger partial charge in [0, 0.05) is 37.7 Å². The van der Waals surface area contributed by atoms with Gasteiger partial charge in [0.2, 0.25) is 5.91 Å². The summed E-state index contributed by atoms with van der Waals surface area (Å²) in [6.45, 7) is 7.31. The van der Waals surface area contributed by atoms with E-state index >= 15 is 0 Å². The first kappa shape index (κ1) is 27.2. The molecule has 3 rings (SSSR count). The van der Waals surface area contributed by atoms with Crippen LogP contribution in [0.5, 0.6) is 5.75 Å². The second-order valence-electron chi connectivity index (χ2n) is 8.50. The van der Waals surface area contributed by atoms with Crippen LogP contribution in [-0.2, 0) is 11.8 Å². The first-order valence-electron chi connectivity index (χ1n) is 11.8. The Morgan fingerprint density at radius 3 is 2.73 bits per heavy atom. The Kier molecular flexibility index (Phi) is 9.25. The molecule has 0 radical (unpaired) electrons. The lowest BCUT2D eigenvalue weighted by atomic mass is 10.1. The number of nitrogens with one attached hydrogen (secondary N) is 3. The summed E-state index contributed by atoms with van der Waals surface area (Å²) in [6, 6.07) is 9.35. The van der Waals surface area contributed by atoms with Crippen molar-refractivity contribution in [3.8, 4) is 5.75 Å². The van der Waals surface area contributed by atoms with Crippen LogP contribution >= 0.6 is 0 Å². The molecule has 196 valence electrons. The fourth-order valence-electron chi connectivity index (χ4n) is 3.63. The van der Waals surface area contributed by atoms with Gasteiger partial charge in [-0.3, -0.25) is 15.3 Å². The molecule has 2 aromatic carbocycles. The number of amidine groups is 1. The van der Waals surface area contributed by atoms with Crippen molar-refractivity contribution >= 4 is 45.4 Å². The molecule has 3 aromatic rings. The highest BCUT2D eigenvalue weighted by Crippen LogP contribution is 2.37. The molecule has 0 aliphatic heterocycles. The Hall–Kier alpha value is -4.35. The van der Waals surface area contributed by atoms with Gasteiger partial charge in [-0.05, 0) is 50.9 Å². The number of benzene rings is 2. The molecule has 1 amide bonds. The molecule has 0 spiro atoms. The minimum absolute atomic E-state index is 0.189. The maximum absolute atomic E-state index is 12.1. The molecular formula is C26H35N9O2. The summed E-state index contributed by atoms with van der Waals surface area (Å²) in [7, 11) is 5.86. The first-order valence-corrected chi connectivity index (χ1v) is 11.8. The van der Waals surface area contributed by atoms with Crippen molar-refractivity contribution in [3.63, 3.8) is 0 Å². The molecule has 37 heavy (non-hydrogen) atoms. The topological polar surface area (TPSA) is 148 Å². The van der Waals surface area contributed by atoms with Crippen LogP contribution < -0.4 is 32.4 Å². The minimum Gasteiger partial charge on any atom is -0.492 e. The third kappa shape index (κ3) is 7.09. The number of nitrogens with zero attached hydrogens (tertiary/aromatic N) is 4. The summed E-state index contributed by atoms with van der Waals surface area (Å²) < 4.78 is 7.64. The number of hydrazine groups is 1. The number of aromatic nitrogens is 2. The number of nitrogens with two attached hydrogens (primary N) is 2. The first-order chi connectivity index (χ1) is 17.7. The van der Waals surface area contributed by atoms with E-state index in [0.29, 0.717) is 41.7 Å². The summed E-state index contributed by atoms with van der Waals surface area (Å²) in [4.78, 5) is 18.7. The van der Waals surface area contributed by atoms with Crippen molar-refractivity contribution in [1.29, 1.82) is 0 Å². The zero-order chi connectivity index (χ0) is 26.9. The molecule has 11 heteroatoms. The molecule has 0 aliphatic carbocycles. The van der Waals surface area contributed by atoms with Gasteiger partial charge in [0.1, 0.15) is 17.3 Å². The predicted octanol–water partition coefficient (Wildman–Crippen LogP) is 2.56. The molecule has 11 nitrogen and oxygen atoms in total. The summed E-state index contributed by atoms with van der Waals surface area (Å²) in [5, 5.41) is 11.4. The van der Waals surface area contributed by atoms with Gasteiger partial charge in [0.25, 0.3) is 0 Å². The molecule has 0 aliphatic rings. The number of carbonyl (C=O) groups is 1. The van der Waals surface area contributed by atoms with E-state index in [1.165, 1.54) is 6.08 Å². The number of hydrogen-bond donors (Lipinski definition) is 5. The lowest BCUT2D eigenvalue weighted by Gasteiger charge is -2.18. The van der Waals surface area contributed by atoms with E-state index in [1.807, 2.05) is 46.3 Å². The highest BCUT2D eigenvalue weighted by atomic mass is 16.5. The van der Waals surface area contributed by atoms with E-state index < -0.39 is 0 Å². The lowest BCUT2D eigenvalue weighted by molar-refractivity contribution is -0.111. The van der Waals surface area contributed by atoms with Crippen LogP contribution in [-0.4, -0.2) is 60.2 Å². The lowest BCUT2D eigenvalue weighted by Crippen LogP contribution is -2.22. The van der Waals surface area contributed by atoms with Crippen LogP contribution in [0.3, 0.4) is 0 Å². The monoisotopic (exact) mass is 505 g/mol. The van der Waals surface area contributed by atoms with Gasteiger partial charge in [-0.25, -0.2) is 4.99 Å². The van der Waals surface area contributed by atoms with Gasteiger partial charge in [-0.2, -0.15) is 5.10 Å². The van der Waals surface area contributed by atoms with E-state index in [1.54, 1.807) is 29.1 Å². The average Bonchev–Trinajstić information content (AvgIpc) is 3.24. The third-order valence-electron chi connectivity index (χ3n) is 5.47. The van der Waals surface area contributed by atoms with Crippen molar-refractivity contribution < 1.29 is 9.53 Å². The number of aryl methyl sites for hydroxylation is 1. The van der Waals surface area contributed by atoms with Crippen molar-refractivity contribution in [2.24, 2.45) is 23.6 Å². The second-order valence-corrected chi connectivity index (χ2v) is 8.50. The van der Waals surface area contributed by atoms with Crippen LogP contribution in [0.4, 0.5) is 17.1 Å². The van der Waals surface area contributed by atoms with Gasteiger partial charge in [-0.1, -0.05) is 12.6 Å². The smallest absolute Gasteiger partial charge is 0.247 e. The summed E-state index contributed by atoms with van der Waals surface area (Å²) in [6.07, 6.45) is 4.63. The van der Waals surface area contributed by atoms with E-state index in [4.69, 9.17) is 16.3 Å². The molecule has 0 bridgehead atoms. The summed E-state index contributed by atoms with van der Waals surface area (Å²) in [5.74, 6) is 6.17. The number of aliphatic imine (C=N–C) groups is 1. The highest BCUT2D eigenvalue weighted by Gasteiger charge is 2.13. The Morgan fingerprint density at radius 1 is 1.27 bits per heavy atom. The van der Waals surface area contributed by atoms with Crippen LogP contribution in [0, 0.1) is 0 Å². The van der Waals surface area contributed by atoms with Crippen LogP contribution in [0.2, 0.25) is 0 Å². The standard InChI is InChI=1S/C26H35N9O2/c1-6-26(36)32-21-13-22(24(37-7-2)14-20(21)29-10-11-34(3)4)31-25(27)15-19(33-28)17-8-9-23-18(12-17)16-30-35(23)5/h6,8-9,12-16,29,33H,1,7,10-11,28H2,2-5H3,(H2,27,31)(H,32,36)/b19-15-. The van der Waals surface area contributed by atoms with Gasteiger partial charge in [0.15, 0.2) is 0 Å². The summed E-state index contributed by atoms with van der Waals surface area (Å²) in [5.41, 5.74) is 13.1. The van der Waals surface area contributed by atoms with E-state index in [9.17, 15) is 4.79 Å². The Morgan fingerprint density at radius 2 is 2.05 bits per heavy atom. The normalized spacial score (nSPS) is 12.1. The van der Waals surface area contributed by atoms with Crippen molar-refractivity contribution in [3.05, 3.63) is 60.8 Å². The van der Waals surface area contributed by atoms with Crippen molar-refractivity contribution in [2.75, 3.05) is 44.4 Å². The van der Waals surface area contributed by atoms with Crippen LogP contribution in [0.25, 0.3) is 16.6 Å².